The van der Waals surface area contributed by atoms with Gasteiger partial charge in [-0.15, -0.1) is 5.10 Å². The van der Waals surface area contributed by atoms with Crippen LogP contribution in [0.25, 0.3) is 11.3 Å². The number of ether oxygens (including phenoxy) is 2. The number of carboxylic acid groups (broad SMARTS) is 1. The Kier molecular flexibility index (Phi) is 7.38. The van der Waals surface area contributed by atoms with E-state index in [2.05, 4.69) is 10.3 Å². The summed E-state index contributed by atoms with van der Waals surface area (Å²) in [7, 11) is 3.58. The Balaban J connectivity index is 1.43. The van der Waals surface area contributed by atoms with Crippen molar-refractivity contribution in [1.82, 2.24) is 19.9 Å². The highest BCUT2D eigenvalue weighted by atomic mass is 16.6. The van der Waals surface area contributed by atoms with E-state index in [1.807, 2.05) is 25.1 Å². The summed E-state index contributed by atoms with van der Waals surface area (Å²) in [5.74, 6) is -0.337. The molecule has 1 aromatic heterocycles. The third-order valence-electron chi connectivity index (χ3n) is 7.15. The summed E-state index contributed by atoms with van der Waals surface area (Å²) in [6.07, 6.45) is 6.89. The van der Waals surface area contributed by atoms with Crippen molar-refractivity contribution >= 4 is 12.1 Å². The molecule has 0 unspecified atom stereocenters. The second-order valence-corrected chi connectivity index (χ2v) is 9.53. The molecule has 1 aromatic carbocycles. The lowest BCUT2D eigenvalue weighted by Gasteiger charge is -2.28. The number of hydrogen-bond donors (Lipinski definition) is 1. The van der Waals surface area contributed by atoms with E-state index >= 15 is 0 Å². The van der Waals surface area contributed by atoms with Crippen molar-refractivity contribution in [3.63, 3.8) is 0 Å². The van der Waals surface area contributed by atoms with Crippen LogP contribution in [0.4, 0.5) is 4.79 Å². The van der Waals surface area contributed by atoms with Crippen LogP contribution >= 0.6 is 0 Å². The number of carboxylic acids is 1. The standard InChI is InChI=1S/C25H34N4O5/c1-16-13-17(11-12-22(16)34-20-10-6-7-18(14-20)24(30)31)23-21(29(3)27-26-23)15-33-25(32)28(2)19-8-4-5-9-19/h11-13,18-20H,4-10,14-15H2,1-3H3,(H,30,31)/t18-,20-/m0/s1. The molecule has 2 aliphatic rings. The summed E-state index contributed by atoms with van der Waals surface area (Å²) in [5, 5.41) is 17.8. The first-order valence-corrected chi connectivity index (χ1v) is 12.1. The molecule has 34 heavy (non-hydrogen) atoms. The van der Waals surface area contributed by atoms with Crippen LogP contribution in [0.1, 0.15) is 62.6 Å². The topological polar surface area (TPSA) is 107 Å². The summed E-state index contributed by atoms with van der Waals surface area (Å²) in [6, 6.07) is 6.04. The zero-order valence-corrected chi connectivity index (χ0v) is 20.2. The van der Waals surface area contributed by atoms with Crippen molar-refractivity contribution in [2.45, 2.75) is 77.0 Å². The molecule has 9 heteroatoms. The fraction of sp³-hybridized carbons (Fsp3) is 0.600. The van der Waals surface area contributed by atoms with Crippen LogP contribution in [0.5, 0.6) is 5.75 Å². The Morgan fingerprint density at radius 3 is 2.65 bits per heavy atom. The SMILES string of the molecule is Cc1cc(-c2nnn(C)c2COC(=O)N(C)C2CCCC2)ccc1O[C@H]1CCC[C@H](C(=O)O)C1. The average Bonchev–Trinajstić information content (AvgIpc) is 3.48. The van der Waals surface area contributed by atoms with Crippen molar-refractivity contribution in [1.29, 1.82) is 0 Å². The predicted molar refractivity (Wildman–Crippen MR) is 125 cm³/mol. The van der Waals surface area contributed by atoms with Gasteiger partial charge in [0.05, 0.1) is 12.0 Å². The van der Waals surface area contributed by atoms with Crippen LogP contribution in [0, 0.1) is 12.8 Å². The Bertz CT molecular complexity index is 1030. The van der Waals surface area contributed by atoms with Gasteiger partial charge in [0.15, 0.2) is 0 Å². The van der Waals surface area contributed by atoms with Crippen LogP contribution in [0.3, 0.4) is 0 Å². The normalized spacial score (nSPS) is 20.8. The van der Waals surface area contributed by atoms with Gasteiger partial charge in [0.2, 0.25) is 0 Å². The maximum Gasteiger partial charge on any atom is 0.410 e. The van der Waals surface area contributed by atoms with E-state index in [1.54, 1.807) is 23.7 Å². The molecule has 0 radical (unpaired) electrons. The van der Waals surface area contributed by atoms with Crippen molar-refractivity contribution < 1.29 is 24.2 Å². The summed E-state index contributed by atoms with van der Waals surface area (Å²) < 4.78 is 13.4. The summed E-state index contributed by atoms with van der Waals surface area (Å²) in [4.78, 5) is 25.6. The van der Waals surface area contributed by atoms with E-state index in [0.717, 1.165) is 61.1 Å². The van der Waals surface area contributed by atoms with Gasteiger partial charge in [0.1, 0.15) is 23.7 Å². The first-order chi connectivity index (χ1) is 16.3. The molecule has 1 heterocycles. The highest BCUT2D eigenvalue weighted by Crippen LogP contribution is 2.32. The van der Waals surface area contributed by atoms with E-state index in [-0.39, 0.29) is 30.8 Å². The fourth-order valence-corrected chi connectivity index (χ4v) is 5.02. The van der Waals surface area contributed by atoms with Crippen LogP contribution in [-0.4, -0.2) is 56.3 Å². The average molecular weight is 471 g/mol. The minimum absolute atomic E-state index is 0.0880. The molecule has 4 rings (SSSR count). The van der Waals surface area contributed by atoms with Crippen LogP contribution in [0.2, 0.25) is 0 Å². The summed E-state index contributed by atoms with van der Waals surface area (Å²) in [5.41, 5.74) is 3.18. The van der Waals surface area contributed by atoms with Crippen LogP contribution in [0.15, 0.2) is 18.2 Å². The molecule has 2 atom stereocenters. The lowest BCUT2D eigenvalue weighted by molar-refractivity contribution is -0.143. The van der Waals surface area contributed by atoms with Gasteiger partial charge < -0.3 is 19.5 Å². The molecule has 1 amide bonds. The van der Waals surface area contributed by atoms with Gasteiger partial charge in [-0.3, -0.25) is 4.79 Å². The summed E-state index contributed by atoms with van der Waals surface area (Å²) in [6.45, 7) is 2.05. The van der Waals surface area contributed by atoms with E-state index < -0.39 is 5.97 Å². The first kappa shape index (κ1) is 24.0. The first-order valence-electron chi connectivity index (χ1n) is 12.1. The highest BCUT2D eigenvalue weighted by molar-refractivity contribution is 5.70. The lowest BCUT2D eigenvalue weighted by atomic mass is 9.87. The molecule has 0 aliphatic heterocycles. The fourth-order valence-electron chi connectivity index (χ4n) is 5.02. The van der Waals surface area contributed by atoms with E-state index in [9.17, 15) is 14.7 Å². The van der Waals surface area contributed by atoms with Crippen molar-refractivity contribution in [3.8, 4) is 17.0 Å². The number of carbonyl (C=O) groups is 2. The number of hydrogen-bond acceptors (Lipinski definition) is 6. The van der Waals surface area contributed by atoms with Crippen LogP contribution in [-0.2, 0) is 23.2 Å². The Morgan fingerprint density at radius 1 is 1.18 bits per heavy atom. The Labute approximate surface area is 200 Å². The Morgan fingerprint density at radius 2 is 1.94 bits per heavy atom. The molecule has 0 saturated heterocycles. The maximum atomic E-state index is 12.5. The number of rotatable bonds is 7. The minimum atomic E-state index is -0.745. The zero-order chi connectivity index (χ0) is 24.2. The molecule has 2 saturated carbocycles. The molecule has 9 nitrogen and oxygen atoms in total. The van der Waals surface area contributed by atoms with Crippen molar-refractivity contribution in [3.05, 3.63) is 29.5 Å². The molecule has 1 N–H and O–H groups in total. The molecule has 2 aliphatic carbocycles. The van der Waals surface area contributed by atoms with Gasteiger partial charge in [-0.05, 0) is 69.2 Å². The number of amides is 1. The molecule has 2 fully saturated rings. The molecule has 2 aromatic rings. The van der Waals surface area contributed by atoms with Gasteiger partial charge in [-0.2, -0.15) is 0 Å². The van der Waals surface area contributed by atoms with Crippen molar-refractivity contribution in [2.75, 3.05) is 7.05 Å². The monoisotopic (exact) mass is 470 g/mol. The minimum Gasteiger partial charge on any atom is -0.490 e. The van der Waals surface area contributed by atoms with Gasteiger partial charge in [0, 0.05) is 25.7 Å². The summed E-state index contributed by atoms with van der Waals surface area (Å²) >= 11 is 0. The quantitative estimate of drug-likeness (QED) is 0.642. The number of carbonyl (C=O) groups excluding carboxylic acids is 1. The smallest absolute Gasteiger partial charge is 0.410 e. The van der Waals surface area contributed by atoms with E-state index in [1.165, 1.54) is 0 Å². The van der Waals surface area contributed by atoms with Gasteiger partial charge in [0.25, 0.3) is 0 Å². The maximum absolute atomic E-state index is 12.5. The second kappa shape index (κ2) is 10.4. The molecular formula is C25H34N4O5. The third kappa shape index (κ3) is 5.34. The number of aromatic nitrogens is 3. The molecule has 184 valence electrons. The predicted octanol–water partition coefficient (Wildman–Crippen LogP) is 4.32. The largest absolute Gasteiger partial charge is 0.490 e. The van der Waals surface area contributed by atoms with Gasteiger partial charge in [-0.25, -0.2) is 9.48 Å². The van der Waals surface area contributed by atoms with E-state index in [4.69, 9.17) is 9.47 Å². The number of nitrogens with zero attached hydrogens (tertiary/aromatic N) is 4. The number of benzene rings is 1. The van der Waals surface area contributed by atoms with Crippen LogP contribution < -0.4 is 4.74 Å². The zero-order valence-electron chi connectivity index (χ0n) is 20.2. The number of aryl methyl sites for hydroxylation is 2. The second-order valence-electron chi connectivity index (χ2n) is 9.53. The third-order valence-corrected chi connectivity index (χ3v) is 7.15. The molecular weight excluding hydrogens is 436 g/mol. The van der Waals surface area contributed by atoms with Gasteiger partial charge in [-0.1, -0.05) is 18.1 Å². The van der Waals surface area contributed by atoms with Gasteiger partial charge >= 0.3 is 12.1 Å². The molecule has 0 bridgehead atoms. The Hall–Kier alpha value is -3.10. The number of aliphatic carboxylic acids is 1. The van der Waals surface area contributed by atoms with Crippen molar-refractivity contribution in [2.24, 2.45) is 13.0 Å². The highest BCUT2D eigenvalue weighted by Gasteiger charge is 2.29. The molecule has 0 spiro atoms. The van der Waals surface area contributed by atoms with E-state index in [0.29, 0.717) is 18.5 Å². The lowest BCUT2D eigenvalue weighted by Crippen LogP contribution is -2.35.